The molecule has 0 radical (unpaired) electrons. The third kappa shape index (κ3) is 6.91. The Morgan fingerprint density at radius 3 is 2.41 bits per heavy atom. The van der Waals surface area contributed by atoms with Gasteiger partial charge in [-0.3, -0.25) is 19.2 Å². The number of amides is 1. The van der Waals surface area contributed by atoms with Crippen molar-refractivity contribution in [1.82, 2.24) is 5.32 Å². The number of nitro benzene ring substituents is 1. The van der Waals surface area contributed by atoms with Gasteiger partial charge in [0.05, 0.1) is 28.7 Å². The normalized spacial score (nSPS) is 14.3. The van der Waals surface area contributed by atoms with Crippen molar-refractivity contribution in [3.8, 4) is 5.75 Å². The summed E-state index contributed by atoms with van der Waals surface area (Å²) in [5.74, 6) is -0.418. The highest BCUT2D eigenvalue weighted by Gasteiger charge is 2.32. The second-order valence-corrected chi connectivity index (χ2v) is 12.3. The third-order valence-corrected chi connectivity index (χ3v) is 9.14. The summed E-state index contributed by atoms with van der Waals surface area (Å²) < 4.78 is 34.0. The Balaban J connectivity index is 1.62. The highest BCUT2D eigenvalue weighted by molar-refractivity contribution is 7.92. The first-order valence-corrected chi connectivity index (χ1v) is 15.1. The van der Waals surface area contributed by atoms with Crippen molar-refractivity contribution < 1.29 is 22.9 Å². The van der Waals surface area contributed by atoms with E-state index in [1.165, 1.54) is 63.6 Å². The zero-order valence-electron chi connectivity index (χ0n) is 23.2. The van der Waals surface area contributed by atoms with Gasteiger partial charge < -0.3 is 15.0 Å². The van der Waals surface area contributed by atoms with Crippen molar-refractivity contribution in [3.63, 3.8) is 0 Å². The van der Waals surface area contributed by atoms with Crippen molar-refractivity contribution in [2.45, 2.75) is 44.0 Å². The summed E-state index contributed by atoms with van der Waals surface area (Å²) in [6.45, 7) is 4.76. The molecule has 1 atom stereocenters. The van der Waals surface area contributed by atoms with Crippen LogP contribution in [0.1, 0.15) is 43.4 Å². The molecule has 0 saturated carbocycles. The number of anilines is 2. The van der Waals surface area contributed by atoms with Gasteiger partial charge >= 0.3 is 0 Å². The number of halogens is 1. The molecule has 1 N–H and O–H groups in total. The summed E-state index contributed by atoms with van der Waals surface area (Å²) in [6, 6.07) is 15.6. The van der Waals surface area contributed by atoms with Crippen LogP contribution in [-0.4, -0.2) is 46.0 Å². The smallest absolute Gasteiger partial charge is 0.273 e. The number of piperidine rings is 1. The van der Waals surface area contributed by atoms with Crippen LogP contribution < -0.4 is 19.3 Å². The molecule has 218 valence electrons. The van der Waals surface area contributed by atoms with Gasteiger partial charge in [0.15, 0.2) is 0 Å². The van der Waals surface area contributed by atoms with Gasteiger partial charge in [-0.25, -0.2) is 8.42 Å². The summed E-state index contributed by atoms with van der Waals surface area (Å²) >= 11 is 6.20. The van der Waals surface area contributed by atoms with Crippen LogP contribution in [0.5, 0.6) is 5.75 Å². The van der Waals surface area contributed by atoms with E-state index in [0.717, 1.165) is 34.7 Å². The van der Waals surface area contributed by atoms with Crippen LogP contribution in [0.25, 0.3) is 0 Å². The number of methoxy groups -OCH3 is 1. The van der Waals surface area contributed by atoms with E-state index in [1.54, 1.807) is 0 Å². The molecule has 1 fully saturated rings. The number of nitro groups is 1. The first-order chi connectivity index (χ1) is 19.5. The lowest BCUT2D eigenvalue weighted by Gasteiger charge is -2.29. The molecule has 3 aromatic carbocycles. The maximum atomic E-state index is 13.9. The summed E-state index contributed by atoms with van der Waals surface area (Å²) in [5, 5.41) is 14.6. The Morgan fingerprint density at radius 2 is 1.78 bits per heavy atom. The quantitative estimate of drug-likeness (QED) is 0.236. The standard InChI is InChI=1S/C29H33ClN4O6S/c1-20-7-13-25(18-26(20)34(36)37)41(38,39)33(27-17-23(30)10-14-28(27)40-3)19-29(35)31-21(2)22-8-11-24(12-9-22)32-15-5-4-6-16-32/h7-14,17-18,21H,4-6,15-16,19H2,1-3H3,(H,31,35). The van der Waals surface area contributed by atoms with Crippen LogP contribution in [0.2, 0.25) is 5.02 Å². The first kappa shape index (κ1) is 30.1. The molecule has 0 spiro atoms. The van der Waals surface area contributed by atoms with Crippen LogP contribution in [0.15, 0.2) is 65.6 Å². The minimum absolute atomic E-state index is 0.0249. The van der Waals surface area contributed by atoms with Crippen LogP contribution in [0, 0.1) is 17.0 Å². The molecule has 1 heterocycles. The summed E-state index contributed by atoms with van der Waals surface area (Å²) in [5.41, 5.74) is 1.97. The molecular weight excluding hydrogens is 568 g/mol. The molecule has 0 aromatic heterocycles. The topological polar surface area (TPSA) is 122 Å². The molecule has 1 aliphatic rings. The molecule has 1 unspecified atom stereocenters. The molecule has 0 aliphatic carbocycles. The fourth-order valence-electron chi connectivity index (χ4n) is 4.86. The lowest BCUT2D eigenvalue weighted by atomic mass is 10.1. The van der Waals surface area contributed by atoms with E-state index in [9.17, 15) is 23.3 Å². The maximum absolute atomic E-state index is 13.9. The average Bonchev–Trinajstić information content (AvgIpc) is 2.96. The third-order valence-electron chi connectivity index (χ3n) is 7.15. The highest BCUT2D eigenvalue weighted by atomic mass is 35.5. The maximum Gasteiger partial charge on any atom is 0.273 e. The number of nitrogens with zero attached hydrogens (tertiary/aromatic N) is 3. The number of hydrogen-bond acceptors (Lipinski definition) is 7. The van der Waals surface area contributed by atoms with Crippen molar-refractivity contribution >= 4 is 44.6 Å². The van der Waals surface area contributed by atoms with E-state index in [0.29, 0.717) is 5.56 Å². The van der Waals surface area contributed by atoms with Gasteiger partial charge in [-0.05, 0) is 75.1 Å². The number of aryl methyl sites for hydroxylation is 1. The number of carbonyl (C=O) groups is 1. The van der Waals surface area contributed by atoms with Crippen molar-refractivity contribution in [2.24, 2.45) is 0 Å². The van der Waals surface area contributed by atoms with E-state index < -0.39 is 33.4 Å². The minimum Gasteiger partial charge on any atom is -0.495 e. The Bertz CT molecular complexity index is 1520. The Labute approximate surface area is 245 Å². The molecule has 3 aromatic rings. The lowest BCUT2D eigenvalue weighted by molar-refractivity contribution is -0.385. The summed E-state index contributed by atoms with van der Waals surface area (Å²) in [6.07, 6.45) is 3.58. The van der Waals surface area contributed by atoms with Crippen LogP contribution in [0.3, 0.4) is 0 Å². The molecular formula is C29H33ClN4O6S. The first-order valence-electron chi connectivity index (χ1n) is 13.3. The monoisotopic (exact) mass is 600 g/mol. The molecule has 1 saturated heterocycles. The van der Waals surface area contributed by atoms with Crippen LogP contribution in [0.4, 0.5) is 17.1 Å². The van der Waals surface area contributed by atoms with E-state index in [1.807, 2.05) is 31.2 Å². The average molecular weight is 601 g/mol. The minimum atomic E-state index is -4.47. The van der Waals surface area contributed by atoms with Gasteiger partial charge in [0, 0.05) is 35.4 Å². The number of rotatable bonds is 10. The Hall–Kier alpha value is -3.83. The summed E-state index contributed by atoms with van der Waals surface area (Å²) in [4.78, 5) is 26.2. The predicted octanol–water partition coefficient (Wildman–Crippen LogP) is 5.63. The van der Waals surface area contributed by atoms with Crippen molar-refractivity contribution in [3.05, 3.63) is 86.9 Å². The second-order valence-electron chi connectivity index (χ2n) is 9.96. The number of nitrogens with one attached hydrogen (secondary N) is 1. The molecule has 1 amide bonds. The lowest BCUT2D eigenvalue weighted by Crippen LogP contribution is -2.41. The zero-order chi connectivity index (χ0) is 29.7. The van der Waals surface area contributed by atoms with E-state index in [4.69, 9.17) is 16.3 Å². The van der Waals surface area contributed by atoms with E-state index in [2.05, 4.69) is 10.2 Å². The molecule has 12 heteroatoms. The van der Waals surface area contributed by atoms with Crippen molar-refractivity contribution in [1.29, 1.82) is 0 Å². The molecule has 4 rings (SSSR count). The number of hydrogen-bond donors (Lipinski definition) is 1. The summed E-state index contributed by atoms with van der Waals surface area (Å²) in [7, 11) is -3.10. The zero-order valence-corrected chi connectivity index (χ0v) is 24.7. The van der Waals surface area contributed by atoms with Crippen LogP contribution in [-0.2, 0) is 14.8 Å². The Kier molecular flexibility index (Phi) is 9.39. The Morgan fingerprint density at radius 1 is 1.10 bits per heavy atom. The highest BCUT2D eigenvalue weighted by Crippen LogP contribution is 2.36. The molecule has 0 bridgehead atoms. The number of ether oxygens (including phenoxy) is 1. The van der Waals surface area contributed by atoms with E-state index >= 15 is 0 Å². The van der Waals surface area contributed by atoms with Gasteiger partial charge in [-0.15, -0.1) is 0 Å². The number of benzene rings is 3. The van der Waals surface area contributed by atoms with Crippen molar-refractivity contribution in [2.75, 3.05) is 35.9 Å². The fourth-order valence-corrected chi connectivity index (χ4v) is 6.47. The van der Waals surface area contributed by atoms with E-state index in [-0.39, 0.29) is 27.0 Å². The number of sulfonamides is 1. The van der Waals surface area contributed by atoms with Gasteiger partial charge in [0.25, 0.3) is 15.7 Å². The van der Waals surface area contributed by atoms with Gasteiger partial charge in [-0.1, -0.05) is 29.8 Å². The SMILES string of the molecule is COc1ccc(Cl)cc1N(CC(=O)NC(C)c1ccc(N2CCCCC2)cc1)S(=O)(=O)c1ccc(C)c([N+](=O)[O-])c1. The largest absolute Gasteiger partial charge is 0.495 e. The molecule has 41 heavy (non-hydrogen) atoms. The van der Waals surface area contributed by atoms with Gasteiger partial charge in [0.1, 0.15) is 12.3 Å². The number of carbonyl (C=O) groups excluding carboxylic acids is 1. The predicted molar refractivity (Wildman–Crippen MR) is 159 cm³/mol. The fraction of sp³-hybridized carbons (Fsp3) is 0.345. The van der Waals surface area contributed by atoms with Gasteiger partial charge in [-0.2, -0.15) is 0 Å². The van der Waals surface area contributed by atoms with Gasteiger partial charge in [0.2, 0.25) is 5.91 Å². The molecule has 10 nitrogen and oxygen atoms in total. The second kappa shape index (κ2) is 12.8. The molecule has 1 aliphatic heterocycles. The van der Waals surface area contributed by atoms with Crippen LogP contribution >= 0.6 is 11.6 Å².